The number of nitrogens with one attached hydrogen (secondary N) is 3. The summed E-state index contributed by atoms with van der Waals surface area (Å²) in [5, 5.41) is 9.79. The van der Waals surface area contributed by atoms with Crippen molar-refractivity contribution in [1.82, 2.24) is 20.9 Å². The van der Waals surface area contributed by atoms with Gasteiger partial charge in [0.05, 0.1) is 6.54 Å². The minimum Gasteiger partial charge on any atom is -0.357 e. The Hall–Kier alpha value is -2.08. The molecule has 6 nitrogen and oxygen atoms in total. The van der Waals surface area contributed by atoms with Crippen molar-refractivity contribution >= 4 is 11.9 Å². The second kappa shape index (κ2) is 15.7. The van der Waals surface area contributed by atoms with Crippen molar-refractivity contribution in [2.24, 2.45) is 4.99 Å². The van der Waals surface area contributed by atoms with E-state index in [0.29, 0.717) is 18.2 Å². The van der Waals surface area contributed by atoms with Crippen LogP contribution in [0.15, 0.2) is 29.3 Å². The molecular formula is C24H43N5O. The molecule has 0 saturated carbocycles. The number of carbonyl (C=O) groups excluding carboxylic acids is 1. The van der Waals surface area contributed by atoms with Crippen LogP contribution >= 0.6 is 0 Å². The molecule has 0 aromatic heterocycles. The first-order valence-corrected chi connectivity index (χ1v) is 11.7. The first-order valence-electron chi connectivity index (χ1n) is 11.7. The van der Waals surface area contributed by atoms with Gasteiger partial charge in [0.25, 0.3) is 5.91 Å². The third kappa shape index (κ3) is 10.6. The lowest BCUT2D eigenvalue weighted by atomic mass is 10.1. The summed E-state index contributed by atoms with van der Waals surface area (Å²) in [6.45, 7) is 16.3. The van der Waals surface area contributed by atoms with E-state index >= 15 is 0 Å². The Balaban J connectivity index is 2.53. The summed E-state index contributed by atoms with van der Waals surface area (Å²) in [5.74, 6) is 0.835. The molecule has 0 aliphatic rings. The summed E-state index contributed by atoms with van der Waals surface area (Å²) in [5.41, 5.74) is 1.79. The van der Waals surface area contributed by atoms with Crippen molar-refractivity contribution in [2.75, 3.05) is 32.7 Å². The van der Waals surface area contributed by atoms with Gasteiger partial charge in [0.1, 0.15) is 0 Å². The predicted octanol–water partition coefficient (Wildman–Crippen LogP) is 3.78. The van der Waals surface area contributed by atoms with Crippen LogP contribution in [-0.2, 0) is 6.54 Å². The lowest BCUT2D eigenvalue weighted by Crippen LogP contribution is -2.42. The van der Waals surface area contributed by atoms with Crippen LogP contribution in [0.3, 0.4) is 0 Å². The number of nitrogens with zero attached hydrogens (tertiary/aromatic N) is 2. The molecular weight excluding hydrogens is 374 g/mol. The molecule has 0 saturated heterocycles. The normalized spacial score (nSPS) is 12.7. The molecule has 3 N–H and O–H groups in total. The Bertz CT molecular complexity index is 611. The van der Waals surface area contributed by atoms with E-state index in [1.54, 1.807) is 0 Å². The largest absolute Gasteiger partial charge is 0.357 e. The maximum Gasteiger partial charge on any atom is 0.251 e. The van der Waals surface area contributed by atoms with Gasteiger partial charge in [-0.3, -0.25) is 4.79 Å². The number of carbonyl (C=O) groups is 1. The Morgan fingerprint density at radius 3 is 2.33 bits per heavy atom. The van der Waals surface area contributed by atoms with Gasteiger partial charge in [-0.1, -0.05) is 39.3 Å². The van der Waals surface area contributed by atoms with Crippen LogP contribution in [0.4, 0.5) is 0 Å². The maximum absolute atomic E-state index is 12.1. The number of rotatable bonds is 14. The van der Waals surface area contributed by atoms with Crippen molar-refractivity contribution in [3.8, 4) is 0 Å². The molecule has 1 amide bonds. The summed E-state index contributed by atoms with van der Waals surface area (Å²) >= 11 is 0. The van der Waals surface area contributed by atoms with E-state index in [1.807, 2.05) is 24.3 Å². The van der Waals surface area contributed by atoms with Crippen molar-refractivity contribution in [2.45, 2.75) is 72.9 Å². The first kappa shape index (κ1) is 26.0. The Kier molecular flexibility index (Phi) is 13.6. The van der Waals surface area contributed by atoms with Gasteiger partial charge in [0, 0.05) is 24.7 Å². The zero-order valence-electron chi connectivity index (χ0n) is 19.8. The summed E-state index contributed by atoms with van der Waals surface area (Å²) in [6, 6.07) is 8.09. The van der Waals surface area contributed by atoms with Crippen LogP contribution in [0, 0.1) is 0 Å². The first-order chi connectivity index (χ1) is 14.5. The van der Waals surface area contributed by atoms with Gasteiger partial charge in [0.15, 0.2) is 5.96 Å². The Morgan fingerprint density at radius 1 is 1.03 bits per heavy atom. The number of amides is 1. The molecule has 0 bridgehead atoms. The minimum atomic E-state index is -0.00737. The SMILES string of the molecule is CCCCNC(=O)c1ccc(CN=C(NCC)NC(C)CCCN(CC)CC)cc1. The zero-order chi connectivity index (χ0) is 22.2. The molecule has 170 valence electrons. The van der Waals surface area contributed by atoms with E-state index < -0.39 is 0 Å². The van der Waals surface area contributed by atoms with E-state index in [-0.39, 0.29) is 5.91 Å². The molecule has 1 aromatic rings. The van der Waals surface area contributed by atoms with Crippen LogP contribution < -0.4 is 16.0 Å². The topological polar surface area (TPSA) is 68.8 Å². The van der Waals surface area contributed by atoms with Crippen LogP contribution in [0.2, 0.25) is 0 Å². The van der Waals surface area contributed by atoms with Gasteiger partial charge < -0.3 is 20.9 Å². The van der Waals surface area contributed by atoms with Gasteiger partial charge in [-0.05, 0) is 70.4 Å². The number of hydrogen-bond donors (Lipinski definition) is 3. The molecule has 1 atom stereocenters. The zero-order valence-corrected chi connectivity index (χ0v) is 19.8. The van der Waals surface area contributed by atoms with E-state index in [4.69, 9.17) is 4.99 Å². The Morgan fingerprint density at radius 2 is 1.73 bits per heavy atom. The van der Waals surface area contributed by atoms with Gasteiger partial charge in [-0.2, -0.15) is 0 Å². The molecule has 1 unspecified atom stereocenters. The molecule has 1 aromatic carbocycles. The molecule has 0 spiro atoms. The van der Waals surface area contributed by atoms with Crippen LogP contribution in [-0.4, -0.2) is 55.5 Å². The highest BCUT2D eigenvalue weighted by molar-refractivity contribution is 5.94. The fraction of sp³-hybridized carbons (Fsp3) is 0.667. The fourth-order valence-electron chi connectivity index (χ4n) is 3.20. The van der Waals surface area contributed by atoms with Gasteiger partial charge >= 0.3 is 0 Å². The van der Waals surface area contributed by atoms with Gasteiger partial charge in [-0.25, -0.2) is 4.99 Å². The molecule has 0 aliphatic heterocycles. The van der Waals surface area contributed by atoms with Crippen molar-refractivity contribution in [1.29, 1.82) is 0 Å². The van der Waals surface area contributed by atoms with E-state index in [0.717, 1.165) is 63.5 Å². The molecule has 0 aliphatic carbocycles. The third-order valence-corrected chi connectivity index (χ3v) is 5.19. The standard InChI is InChI=1S/C24H43N5O/c1-6-10-17-26-23(30)22-15-13-21(14-16-22)19-27-24(25-7-2)28-20(5)12-11-18-29(8-3)9-4/h13-16,20H,6-12,17-19H2,1-5H3,(H,26,30)(H2,25,27,28). The van der Waals surface area contributed by atoms with Crippen molar-refractivity contribution in [3.63, 3.8) is 0 Å². The summed E-state index contributed by atoms with van der Waals surface area (Å²) in [7, 11) is 0. The molecule has 0 heterocycles. The fourth-order valence-corrected chi connectivity index (χ4v) is 3.20. The third-order valence-electron chi connectivity index (χ3n) is 5.19. The molecule has 0 fully saturated rings. The van der Waals surface area contributed by atoms with Gasteiger partial charge in [0.2, 0.25) is 0 Å². The second-order valence-corrected chi connectivity index (χ2v) is 7.72. The number of aliphatic imine (C=N–C) groups is 1. The van der Waals surface area contributed by atoms with Crippen LogP contribution in [0.25, 0.3) is 0 Å². The second-order valence-electron chi connectivity index (χ2n) is 7.72. The lowest BCUT2D eigenvalue weighted by Gasteiger charge is -2.21. The monoisotopic (exact) mass is 417 g/mol. The number of unbranched alkanes of at least 4 members (excludes halogenated alkanes) is 1. The molecule has 6 heteroatoms. The average Bonchev–Trinajstić information content (AvgIpc) is 2.75. The molecule has 30 heavy (non-hydrogen) atoms. The summed E-state index contributed by atoms with van der Waals surface area (Å²) in [4.78, 5) is 19.3. The highest BCUT2D eigenvalue weighted by Crippen LogP contribution is 2.06. The number of benzene rings is 1. The highest BCUT2D eigenvalue weighted by atomic mass is 16.1. The number of hydrogen-bond acceptors (Lipinski definition) is 3. The van der Waals surface area contributed by atoms with E-state index in [1.165, 1.54) is 6.42 Å². The average molecular weight is 418 g/mol. The van der Waals surface area contributed by atoms with E-state index in [2.05, 4.69) is 55.5 Å². The Labute approximate surface area is 183 Å². The van der Waals surface area contributed by atoms with Crippen LogP contribution in [0.1, 0.15) is 76.2 Å². The predicted molar refractivity (Wildman–Crippen MR) is 128 cm³/mol. The maximum atomic E-state index is 12.1. The van der Waals surface area contributed by atoms with Crippen molar-refractivity contribution < 1.29 is 4.79 Å². The molecule has 0 radical (unpaired) electrons. The summed E-state index contributed by atoms with van der Waals surface area (Å²) in [6.07, 6.45) is 4.38. The smallest absolute Gasteiger partial charge is 0.251 e. The quantitative estimate of drug-likeness (QED) is 0.245. The van der Waals surface area contributed by atoms with Crippen LogP contribution in [0.5, 0.6) is 0 Å². The van der Waals surface area contributed by atoms with Crippen molar-refractivity contribution in [3.05, 3.63) is 35.4 Å². The molecule has 1 rings (SSSR count). The minimum absolute atomic E-state index is 0.00737. The van der Waals surface area contributed by atoms with E-state index in [9.17, 15) is 4.79 Å². The summed E-state index contributed by atoms with van der Waals surface area (Å²) < 4.78 is 0. The highest BCUT2D eigenvalue weighted by Gasteiger charge is 2.07. The number of guanidine groups is 1. The lowest BCUT2D eigenvalue weighted by molar-refractivity contribution is 0.0953. The van der Waals surface area contributed by atoms with Gasteiger partial charge in [-0.15, -0.1) is 0 Å².